The van der Waals surface area contributed by atoms with Gasteiger partial charge in [-0.05, 0) is 25.5 Å². The van der Waals surface area contributed by atoms with Crippen LogP contribution in [-0.4, -0.2) is 18.0 Å². The van der Waals surface area contributed by atoms with Crippen LogP contribution in [0.2, 0.25) is 0 Å². The fraction of sp³-hybridized carbons (Fsp3) is 0.500. The summed E-state index contributed by atoms with van der Waals surface area (Å²) in [5.74, 6) is 0.230. The smallest absolute Gasteiger partial charge is 0.0672 e. The first-order chi connectivity index (χ1) is 7.81. The molecule has 0 heterocycles. The second-order valence-corrected chi connectivity index (χ2v) is 4.63. The van der Waals surface area contributed by atoms with Crippen molar-refractivity contribution in [2.24, 2.45) is 5.92 Å². The van der Waals surface area contributed by atoms with Crippen molar-refractivity contribution in [3.8, 4) is 6.07 Å². The van der Waals surface area contributed by atoms with Crippen molar-refractivity contribution in [3.05, 3.63) is 35.9 Å². The van der Waals surface area contributed by atoms with Gasteiger partial charge in [-0.15, -0.1) is 0 Å². The molecule has 2 atom stereocenters. The van der Waals surface area contributed by atoms with Gasteiger partial charge in [-0.1, -0.05) is 36.8 Å². The van der Waals surface area contributed by atoms with Gasteiger partial charge in [0.2, 0.25) is 0 Å². The van der Waals surface area contributed by atoms with E-state index in [2.05, 4.69) is 42.3 Å². The highest BCUT2D eigenvalue weighted by atomic mass is 15.1. The minimum atomic E-state index is 0.230. The van der Waals surface area contributed by atoms with Gasteiger partial charge in [0.05, 0.1) is 12.0 Å². The first-order valence-electron chi connectivity index (χ1n) is 5.95. The van der Waals surface area contributed by atoms with Gasteiger partial charge in [0.1, 0.15) is 0 Å². The van der Waals surface area contributed by atoms with Gasteiger partial charge in [0.15, 0.2) is 0 Å². The first-order valence-corrected chi connectivity index (χ1v) is 5.95. The molecule has 16 heavy (non-hydrogen) atoms. The number of benzene rings is 1. The largest absolute Gasteiger partial charge is 0.298 e. The topological polar surface area (TPSA) is 27.0 Å². The van der Waals surface area contributed by atoms with Crippen molar-refractivity contribution < 1.29 is 0 Å². The standard InChI is InChI=1S/C14H18N2/c1-16(11-12-6-3-2-4-7-12)14-9-5-8-13(14)10-15/h2-4,6-7,13-14H,5,8-9,11H2,1H3. The Morgan fingerprint density at radius 3 is 2.75 bits per heavy atom. The van der Waals surface area contributed by atoms with E-state index in [1.807, 2.05) is 6.07 Å². The van der Waals surface area contributed by atoms with Crippen LogP contribution in [-0.2, 0) is 6.54 Å². The van der Waals surface area contributed by atoms with E-state index >= 15 is 0 Å². The van der Waals surface area contributed by atoms with Gasteiger partial charge in [-0.2, -0.15) is 5.26 Å². The summed E-state index contributed by atoms with van der Waals surface area (Å²) in [6.07, 6.45) is 3.43. The summed E-state index contributed by atoms with van der Waals surface area (Å²) >= 11 is 0. The van der Waals surface area contributed by atoms with E-state index in [-0.39, 0.29) is 5.92 Å². The zero-order valence-corrected chi connectivity index (χ0v) is 9.76. The van der Waals surface area contributed by atoms with Crippen LogP contribution in [0.5, 0.6) is 0 Å². The van der Waals surface area contributed by atoms with Crippen LogP contribution in [0.4, 0.5) is 0 Å². The van der Waals surface area contributed by atoms with Crippen LogP contribution in [0.3, 0.4) is 0 Å². The molecule has 2 rings (SSSR count). The van der Waals surface area contributed by atoms with Crippen molar-refractivity contribution in [1.29, 1.82) is 5.26 Å². The maximum absolute atomic E-state index is 9.07. The number of nitriles is 1. The minimum absolute atomic E-state index is 0.230. The monoisotopic (exact) mass is 214 g/mol. The molecule has 0 aliphatic heterocycles. The number of hydrogen-bond donors (Lipinski definition) is 0. The minimum Gasteiger partial charge on any atom is -0.298 e. The molecule has 0 bridgehead atoms. The molecule has 1 aromatic rings. The highest BCUT2D eigenvalue weighted by molar-refractivity contribution is 5.14. The number of hydrogen-bond acceptors (Lipinski definition) is 2. The molecule has 0 saturated heterocycles. The third kappa shape index (κ3) is 2.43. The van der Waals surface area contributed by atoms with Crippen molar-refractivity contribution >= 4 is 0 Å². The summed E-state index contributed by atoms with van der Waals surface area (Å²) in [7, 11) is 2.13. The second kappa shape index (κ2) is 5.14. The second-order valence-electron chi connectivity index (χ2n) is 4.63. The lowest BCUT2D eigenvalue weighted by Gasteiger charge is -2.26. The summed E-state index contributed by atoms with van der Waals surface area (Å²) in [4.78, 5) is 2.33. The lowest BCUT2D eigenvalue weighted by atomic mass is 10.0. The Balaban J connectivity index is 1.98. The van der Waals surface area contributed by atoms with Crippen molar-refractivity contribution in [2.75, 3.05) is 7.05 Å². The molecule has 2 nitrogen and oxygen atoms in total. The molecule has 1 aliphatic rings. The molecule has 1 saturated carbocycles. The Kier molecular flexibility index (Phi) is 3.58. The number of rotatable bonds is 3. The molecule has 0 aromatic heterocycles. The van der Waals surface area contributed by atoms with Gasteiger partial charge in [0.25, 0.3) is 0 Å². The molecule has 1 aliphatic carbocycles. The van der Waals surface area contributed by atoms with E-state index < -0.39 is 0 Å². The van der Waals surface area contributed by atoms with Gasteiger partial charge in [0, 0.05) is 12.6 Å². The molecule has 1 aromatic carbocycles. The van der Waals surface area contributed by atoms with Crippen molar-refractivity contribution in [2.45, 2.75) is 31.8 Å². The van der Waals surface area contributed by atoms with E-state index in [9.17, 15) is 0 Å². The third-order valence-electron chi connectivity index (χ3n) is 3.49. The molecule has 2 heteroatoms. The highest BCUT2D eigenvalue weighted by Crippen LogP contribution is 2.29. The van der Waals surface area contributed by atoms with Gasteiger partial charge < -0.3 is 0 Å². The maximum Gasteiger partial charge on any atom is 0.0672 e. The summed E-state index contributed by atoms with van der Waals surface area (Å²) in [6.45, 7) is 0.948. The van der Waals surface area contributed by atoms with Crippen LogP contribution >= 0.6 is 0 Å². The molecular formula is C14H18N2. The Labute approximate surface area is 97.5 Å². The van der Waals surface area contributed by atoms with Crippen molar-refractivity contribution in [3.63, 3.8) is 0 Å². The molecule has 1 fully saturated rings. The fourth-order valence-electron chi connectivity index (χ4n) is 2.61. The summed E-state index contributed by atoms with van der Waals surface area (Å²) in [6, 6.07) is 13.4. The van der Waals surface area contributed by atoms with Gasteiger partial charge in [-0.25, -0.2) is 0 Å². The summed E-state index contributed by atoms with van der Waals surface area (Å²) in [5, 5.41) is 9.07. The Bertz CT molecular complexity index is 366. The molecule has 2 unspecified atom stereocenters. The van der Waals surface area contributed by atoms with E-state index in [1.54, 1.807) is 0 Å². The average molecular weight is 214 g/mol. The molecule has 0 radical (unpaired) electrons. The maximum atomic E-state index is 9.07. The summed E-state index contributed by atoms with van der Waals surface area (Å²) < 4.78 is 0. The van der Waals surface area contributed by atoms with Crippen LogP contribution in [0.25, 0.3) is 0 Å². The van der Waals surface area contributed by atoms with E-state index in [1.165, 1.54) is 18.4 Å². The van der Waals surface area contributed by atoms with Crippen LogP contribution in [0, 0.1) is 17.2 Å². The van der Waals surface area contributed by atoms with Crippen LogP contribution in [0.15, 0.2) is 30.3 Å². The Hall–Kier alpha value is -1.33. The SMILES string of the molecule is CN(Cc1ccccc1)C1CCCC1C#N. The van der Waals surface area contributed by atoms with Gasteiger partial charge in [-0.3, -0.25) is 4.90 Å². The highest BCUT2D eigenvalue weighted by Gasteiger charge is 2.29. The van der Waals surface area contributed by atoms with Crippen molar-refractivity contribution in [1.82, 2.24) is 4.90 Å². The molecule has 0 N–H and O–H groups in total. The average Bonchev–Trinajstić information content (AvgIpc) is 2.78. The van der Waals surface area contributed by atoms with E-state index in [4.69, 9.17) is 5.26 Å². The zero-order chi connectivity index (χ0) is 11.4. The van der Waals surface area contributed by atoms with Crippen LogP contribution < -0.4 is 0 Å². The fourth-order valence-corrected chi connectivity index (χ4v) is 2.61. The summed E-state index contributed by atoms with van der Waals surface area (Å²) in [5.41, 5.74) is 1.33. The van der Waals surface area contributed by atoms with E-state index in [0.717, 1.165) is 13.0 Å². The molecule has 0 spiro atoms. The molecule has 84 valence electrons. The van der Waals surface area contributed by atoms with Gasteiger partial charge >= 0.3 is 0 Å². The Morgan fingerprint density at radius 2 is 2.06 bits per heavy atom. The zero-order valence-electron chi connectivity index (χ0n) is 9.76. The quantitative estimate of drug-likeness (QED) is 0.773. The first kappa shape index (κ1) is 11.2. The lowest BCUT2D eigenvalue weighted by Crippen LogP contribution is -2.33. The Morgan fingerprint density at radius 1 is 1.31 bits per heavy atom. The normalized spacial score (nSPS) is 24.6. The van der Waals surface area contributed by atoms with Crippen LogP contribution in [0.1, 0.15) is 24.8 Å². The predicted molar refractivity (Wildman–Crippen MR) is 64.7 cm³/mol. The predicted octanol–water partition coefficient (Wildman–Crippen LogP) is 2.81. The number of nitrogens with zero attached hydrogens (tertiary/aromatic N) is 2. The van der Waals surface area contributed by atoms with E-state index in [0.29, 0.717) is 6.04 Å². The third-order valence-corrected chi connectivity index (χ3v) is 3.49. The molecular weight excluding hydrogens is 196 g/mol. The lowest BCUT2D eigenvalue weighted by molar-refractivity contribution is 0.212. The molecule has 0 amide bonds.